The third-order valence-corrected chi connectivity index (χ3v) is 6.16. The summed E-state index contributed by atoms with van der Waals surface area (Å²) in [5.74, 6) is -3.26. The van der Waals surface area contributed by atoms with Crippen LogP contribution in [-0.4, -0.2) is 22.3 Å². The minimum atomic E-state index is -4.67. The third-order valence-electron chi connectivity index (χ3n) is 4.45. The largest absolute Gasteiger partial charge is 0.397 e. The Morgan fingerprint density at radius 3 is 2.16 bits per heavy atom. The van der Waals surface area contributed by atoms with E-state index in [1.807, 2.05) is 0 Å². The van der Waals surface area contributed by atoms with Crippen molar-refractivity contribution in [2.24, 2.45) is 5.92 Å². The molecule has 2 aromatic rings. The topological polar surface area (TPSA) is 58.2 Å². The zero-order chi connectivity index (χ0) is 23.1. The van der Waals surface area contributed by atoms with E-state index in [-0.39, 0.29) is 16.4 Å². The first-order valence-corrected chi connectivity index (χ1v) is 10.5. The van der Waals surface area contributed by atoms with Crippen LogP contribution in [0.15, 0.2) is 36.4 Å². The maximum absolute atomic E-state index is 12.7. The van der Waals surface area contributed by atoms with Crippen LogP contribution in [0.2, 0.25) is 15.1 Å². The SMILES string of the molecule is O=C(CC(F)(F)F)Nc1cc(NC(=O)[C@H]2[C@H](c3cc(Cl)cc(Cl)c3)C2(Cl)Cl)ccc1Cl. The van der Waals surface area contributed by atoms with Crippen LogP contribution in [0, 0.1) is 5.92 Å². The third kappa shape index (κ3) is 5.90. The van der Waals surface area contributed by atoms with Crippen molar-refractivity contribution in [3.63, 3.8) is 0 Å². The van der Waals surface area contributed by atoms with Gasteiger partial charge in [0.25, 0.3) is 0 Å². The van der Waals surface area contributed by atoms with Crippen LogP contribution in [0.1, 0.15) is 17.9 Å². The van der Waals surface area contributed by atoms with Crippen LogP contribution in [0.5, 0.6) is 0 Å². The molecule has 4 nitrogen and oxygen atoms in total. The van der Waals surface area contributed by atoms with Gasteiger partial charge in [-0.25, -0.2) is 0 Å². The maximum Gasteiger partial charge on any atom is 0.397 e. The summed E-state index contributed by atoms with van der Waals surface area (Å²) >= 11 is 30.5. The highest BCUT2D eigenvalue weighted by Gasteiger charge is 2.67. The smallest absolute Gasteiger partial charge is 0.326 e. The molecule has 2 amide bonds. The van der Waals surface area contributed by atoms with E-state index < -0.39 is 40.6 Å². The Hall–Kier alpha value is -1.38. The van der Waals surface area contributed by atoms with Crippen molar-refractivity contribution in [3.8, 4) is 0 Å². The summed E-state index contributed by atoms with van der Waals surface area (Å²) in [5.41, 5.74) is 0.667. The van der Waals surface area contributed by atoms with Crippen LogP contribution < -0.4 is 10.6 Å². The zero-order valence-corrected chi connectivity index (χ0v) is 18.9. The lowest BCUT2D eigenvalue weighted by molar-refractivity contribution is -0.150. The van der Waals surface area contributed by atoms with Gasteiger partial charge >= 0.3 is 6.18 Å². The second-order valence-corrected chi connectivity index (χ2v) is 9.58. The highest BCUT2D eigenvalue weighted by atomic mass is 35.5. The van der Waals surface area contributed by atoms with Gasteiger partial charge in [0.15, 0.2) is 0 Å². The molecule has 2 N–H and O–H groups in total. The van der Waals surface area contributed by atoms with Gasteiger partial charge in [0.1, 0.15) is 10.8 Å². The van der Waals surface area contributed by atoms with Crippen molar-refractivity contribution in [1.82, 2.24) is 0 Å². The fourth-order valence-corrected chi connectivity index (χ4v) is 4.65. The Labute approximate surface area is 199 Å². The number of carbonyl (C=O) groups excluding carboxylic acids is 2. The van der Waals surface area contributed by atoms with Gasteiger partial charge in [-0.2, -0.15) is 13.2 Å². The molecule has 0 saturated heterocycles. The van der Waals surface area contributed by atoms with Crippen molar-refractivity contribution in [2.45, 2.75) is 22.8 Å². The number of rotatable bonds is 5. The number of hydrogen-bond donors (Lipinski definition) is 2. The van der Waals surface area contributed by atoms with E-state index in [1.165, 1.54) is 24.3 Å². The van der Waals surface area contributed by atoms with Gasteiger partial charge in [-0.1, -0.05) is 34.8 Å². The highest BCUT2D eigenvalue weighted by Crippen LogP contribution is 2.65. The molecule has 0 aromatic heterocycles. The Balaban J connectivity index is 1.74. The molecule has 0 bridgehead atoms. The Bertz CT molecular complexity index is 1030. The minimum absolute atomic E-state index is 0.00424. The molecule has 0 aliphatic heterocycles. The molecular weight excluding hydrogens is 522 g/mol. The van der Waals surface area contributed by atoms with Gasteiger partial charge in [-0.3, -0.25) is 9.59 Å². The first-order chi connectivity index (χ1) is 14.3. The van der Waals surface area contributed by atoms with Crippen molar-refractivity contribution >= 4 is 81.2 Å². The average Bonchev–Trinajstić information content (AvgIpc) is 3.18. The van der Waals surface area contributed by atoms with Crippen LogP contribution in [-0.2, 0) is 9.59 Å². The minimum Gasteiger partial charge on any atom is -0.326 e. The van der Waals surface area contributed by atoms with E-state index in [9.17, 15) is 22.8 Å². The quantitative estimate of drug-likeness (QED) is 0.404. The molecule has 12 heteroatoms. The number of hydrogen-bond acceptors (Lipinski definition) is 2. The number of halogens is 8. The van der Waals surface area contributed by atoms with E-state index >= 15 is 0 Å². The lowest BCUT2D eigenvalue weighted by Crippen LogP contribution is -2.21. The standard InChI is InChI=1S/C19H12Cl5F3N2O2/c20-9-3-8(4-10(21)5-9)15-16(19(15,23)24)17(31)28-11-1-2-12(22)13(6-11)29-14(30)7-18(25,26)27/h1-6,15-16H,7H2,(H,28,31)(H,29,30)/t15-,16+/m0/s1. The Morgan fingerprint density at radius 2 is 1.58 bits per heavy atom. The summed E-state index contributed by atoms with van der Waals surface area (Å²) in [6.07, 6.45) is -6.34. The lowest BCUT2D eigenvalue weighted by atomic mass is 10.1. The van der Waals surface area contributed by atoms with Crippen molar-refractivity contribution in [1.29, 1.82) is 0 Å². The molecule has 0 radical (unpaired) electrons. The number of carbonyl (C=O) groups is 2. The monoisotopic (exact) mass is 532 g/mol. The molecule has 1 aliphatic carbocycles. The average molecular weight is 535 g/mol. The van der Waals surface area contributed by atoms with E-state index in [0.29, 0.717) is 15.6 Å². The maximum atomic E-state index is 12.7. The lowest BCUT2D eigenvalue weighted by Gasteiger charge is -2.12. The van der Waals surface area contributed by atoms with Crippen LogP contribution in [0.3, 0.4) is 0 Å². The van der Waals surface area contributed by atoms with E-state index in [1.54, 1.807) is 12.1 Å². The summed E-state index contributed by atoms with van der Waals surface area (Å²) < 4.78 is 35.7. The molecule has 1 aliphatic rings. The van der Waals surface area contributed by atoms with Gasteiger partial charge in [0, 0.05) is 21.7 Å². The van der Waals surface area contributed by atoms with E-state index in [0.717, 1.165) is 0 Å². The number of nitrogens with one attached hydrogen (secondary N) is 2. The number of anilines is 2. The predicted octanol–water partition coefficient (Wildman–Crippen LogP) is 7.06. The van der Waals surface area contributed by atoms with Crippen molar-refractivity contribution in [2.75, 3.05) is 10.6 Å². The fourth-order valence-electron chi connectivity index (χ4n) is 3.12. The molecule has 3 rings (SSSR count). The Kier molecular flexibility index (Phi) is 6.94. The van der Waals surface area contributed by atoms with E-state index in [2.05, 4.69) is 10.6 Å². The first-order valence-electron chi connectivity index (χ1n) is 8.59. The van der Waals surface area contributed by atoms with Gasteiger partial charge < -0.3 is 10.6 Å². The number of benzene rings is 2. The molecule has 31 heavy (non-hydrogen) atoms. The van der Waals surface area contributed by atoms with Crippen molar-refractivity contribution in [3.05, 3.63) is 57.0 Å². The molecule has 0 unspecified atom stereocenters. The molecule has 2 atom stereocenters. The fraction of sp³-hybridized carbons (Fsp3) is 0.263. The van der Waals surface area contributed by atoms with Crippen molar-refractivity contribution < 1.29 is 22.8 Å². The van der Waals surface area contributed by atoms with Crippen LogP contribution in [0.4, 0.5) is 24.5 Å². The van der Waals surface area contributed by atoms with Gasteiger partial charge in [0.2, 0.25) is 11.8 Å². The molecule has 2 aromatic carbocycles. The summed E-state index contributed by atoms with van der Waals surface area (Å²) in [6.45, 7) is 0. The normalized spacial score (nSPS) is 19.6. The molecule has 1 fully saturated rings. The summed E-state index contributed by atoms with van der Waals surface area (Å²) in [7, 11) is 0. The molecular formula is C19H12Cl5F3N2O2. The Morgan fingerprint density at radius 1 is 0.968 bits per heavy atom. The van der Waals surface area contributed by atoms with Crippen LogP contribution >= 0.6 is 58.0 Å². The second kappa shape index (κ2) is 8.87. The predicted molar refractivity (Wildman–Crippen MR) is 117 cm³/mol. The summed E-state index contributed by atoms with van der Waals surface area (Å²) in [5, 5.41) is 5.34. The molecule has 0 heterocycles. The number of alkyl halides is 5. The number of amides is 2. The highest BCUT2D eigenvalue weighted by molar-refractivity contribution is 6.53. The summed E-state index contributed by atoms with van der Waals surface area (Å²) in [6, 6.07) is 8.68. The van der Waals surface area contributed by atoms with Gasteiger partial charge in [-0.15, -0.1) is 23.2 Å². The first kappa shape index (κ1) is 24.3. The van der Waals surface area contributed by atoms with Gasteiger partial charge in [0.05, 0.1) is 16.6 Å². The molecule has 0 spiro atoms. The second-order valence-electron chi connectivity index (χ2n) is 6.86. The molecule has 166 valence electrons. The van der Waals surface area contributed by atoms with Gasteiger partial charge in [-0.05, 0) is 42.0 Å². The molecule has 1 saturated carbocycles. The van der Waals surface area contributed by atoms with E-state index in [4.69, 9.17) is 58.0 Å². The van der Waals surface area contributed by atoms with Crippen LogP contribution in [0.25, 0.3) is 0 Å². The zero-order valence-electron chi connectivity index (χ0n) is 15.2. The summed E-state index contributed by atoms with van der Waals surface area (Å²) in [4.78, 5) is 24.3.